The second-order valence-electron chi connectivity index (χ2n) is 5.00. The van der Waals surface area contributed by atoms with Gasteiger partial charge in [-0.1, -0.05) is 29.8 Å². The van der Waals surface area contributed by atoms with Gasteiger partial charge in [0.15, 0.2) is 5.82 Å². The fourth-order valence-corrected chi connectivity index (χ4v) is 2.05. The highest BCUT2D eigenvalue weighted by atomic mass is 19.1. The van der Waals surface area contributed by atoms with Crippen LogP contribution in [0, 0.1) is 19.7 Å². The van der Waals surface area contributed by atoms with Crippen molar-refractivity contribution in [3.63, 3.8) is 0 Å². The standard InChI is InChI=1S/C17H14FN3/c1-11-3-5-13(6-4-11)17-20-9-14(10-21-17)16-15(18)7-12(2)8-19-16/h3-10H,1-2H3. The molecule has 0 saturated carbocycles. The SMILES string of the molecule is Cc1ccc(-c2ncc(-c3ncc(C)cc3F)cn2)cc1. The van der Waals surface area contributed by atoms with Gasteiger partial charge in [-0.05, 0) is 25.5 Å². The van der Waals surface area contributed by atoms with Gasteiger partial charge in [0.2, 0.25) is 0 Å². The lowest BCUT2D eigenvalue weighted by molar-refractivity contribution is 0.624. The number of nitrogens with zero attached hydrogens (tertiary/aromatic N) is 3. The van der Waals surface area contributed by atoms with E-state index in [2.05, 4.69) is 15.0 Å². The number of rotatable bonds is 2. The fraction of sp³-hybridized carbons (Fsp3) is 0.118. The van der Waals surface area contributed by atoms with E-state index in [-0.39, 0.29) is 11.5 Å². The number of halogens is 1. The van der Waals surface area contributed by atoms with E-state index in [0.717, 1.165) is 11.1 Å². The lowest BCUT2D eigenvalue weighted by atomic mass is 10.1. The molecule has 0 saturated heterocycles. The predicted octanol–water partition coefficient (Wildman–Crippen LogP) is 3.96. The molecule has 0 aliphatic carbocycles. The molecule has 21 heavy (non-hydrogen) atoms. The number of benzene rings is 1. The number of hydrogen-bond donors (Lipinski definition) is 0. The van der Waals surface area contributed by atoms with Gasteiger partial charge in [-0.25, -0.2) is 14.4 Å². The van der Waals surface area contributed by atoms with E-state index >= 15 is 0 Å². The van der Waals surface area contributed by atoms with Gasteiger partial charge in [-0.2, -0.15) is 0 Å². The molecule has 2 heterocycles. The summed E-state index contributed by atoms with van der Waals surface area (Å²) in [4.78, 5) is 12.7. The summed E-state index contributed by atoms with van der Waals surface area (Å²) in [5, 5.41) is 0. The highest BCUT2D eigenvalue weighted by molar-refractivity contribution is 5.61. The Kier molecular flexibility index (Phi) is 3.44. The molecular formula is C17H14FN3. The average Bonchev–Trinajstić information content (AvgIpc) is 2.48. The van der Waals surface area contributed by atoms with Gasteiger partial charge >= 0.3 is 0 Å². The van der Waals surface area contributed by atoms with Gasteiger partial charge in [-0.15, -0.1) is 0 Å². The molecule has 2 aromatic heterocycles. The van der Waals surface area contributed by atoms with Crippen LogP contribution in [0.2, 0.25) is 0 Å². The minimum atomic E-state index is -0.360. The maximum absolute atomic E-state index is 13.9. The van der Waals surface area contributed by atoms with Crippen LogP contribution >= 0.6 is 0 Å². The molecule has 0 aliphatic rings. The van der Waals surface area contributed by atoms with Crippen molar-refractivity contribution in [3.05, 3.63) is 65.9 Å². The molecule has 3 aromatic rings. The lowest BCUT2D eigenvalue weighted by Crippen LogP contribution is -1.94. The minimum absolute atomic E-state index is 0.274. The van der Waals surface area contributed by atoms with E-state index in [1.165, 1.54) is 11.6 Å². The van der Waals surface area contributed by atoms with Crippen LogP contribution in [-0.2, 0) is 0 Å². The van der Waals surface area contributed by atoms with Crippen molar-refractivity contribution in [2.75, 3.05) is 0 Å². The summed E-state index contributed by atoms with van der Waals surface area (Å²) in [5.41, 5.74) is 3.75. The third-order valence-corrected chi connectivity index (χ3v) is 3.21. The number of pyridine rings is 1. The second-order valence-corrected chi connectivity index (χ2v) is 5.00. The van der Waals surface area contributed by atoms with Crippen molar-refractivity contribution in [2.45, 2.75) is 13.8 Å². The number of aromatic nitrogens is 3. The maximum atomic E-state index is 13.9. The normalized spacial score (nSPS) is 10.6. The third kappa shape index (κ3) is 2.79. The second kappa shape index (κ2) is 5.40. The molecule has 0 spiro atoms. The average molecular weight is 279 g/mol. The molecule has 1 aromatic carbocycles. The molecule has 0 unspecified atom stereocenters. The molecule has 0 bridgehead atoms. The van der Waals surface area contributed by atoms with E-state index in [1.54, 1.807) is 25.5 Å². The Morgan fingerprint density at radius 3 is 2.05 bits per heavy atom. The Balaban J connectivity index is 1.95. The summed E-state index contributed by atoms with van der Waals surface area (Å²) < 4.78 is 13.9. The summed E-state index contributed by atoms with van der Waals surface area (Å²) in [5.74, 6) is 0.257. The van der Waals surface area contributed by atoms with Crippen molar-refractivity contribution in [2.24, 2.45) is 0 Å². The van der Waals surface area contributed by atoms with E-state index in [4.69, 9.17) is 0 Å². The lowest BCUT2D eigenvalue weighted by Gasteiger charge is -2.04. The van der Waals surface area contributed by atoms with E-state index in [0.29, 0.717) is 11.4 Å². The minimum Gasteiger partial charge on any atom is -0.253 e. The quantitative estimate of drug-likeness (QED) is 0.712. The molecule has 3 rings (SSSR count). The van der Waals surface area contributed by atoms with Crippen molar-refractivity contribution in [1.29, 1.82) is 0 Å². The molecular weight excluding hydrogens is 265 g/mol. The van der Waals surface area contributed by atoms with Crippen molar-refractivity contribution in [1.82, 2.24) is 15.0 Å². The van der Waals surface area contributed by atoms with Gasteiger partial charge in [0.25, 0.3) is 0 Å². The van der Waals surface area contributed by atoms with Gasteiger partial charge in [0.1, 0.15) is 11.5 Å². The summed E-state index contributed by atoms with van der Waals surface area (Å²) in [6, 6.07) is 9.40. The summed E-state index contributed by atoms with van der Waals surface area (Å²) >= 11 is 0. The van der Waals surface area contributed by atoms with Crippen molar-refractivity contribution < 1.29 is 4.39 Å². The molecule has 0 radical (unpaired) electrons. The third-order valence-electron chi connectivity index (χ3n) is 3.21. The Labute approximate surface area is 122 Å². The highest BCUT2D eigenvalue weighted by Crippen LogP contribution is 2.21. The largest absolute Gasteiger partial charge is 0.253 e. The topological polar surface area (TPSA) is 38.7 Å². The zero-order valence-corrected chi connectivity index (χ0v) is 11.8. The number of aryl methyl sites for hydroxylation is 2. The Hall–Kier alpha value is -2.62. The predicted molar refractivity (Wildman–Crippen MR) is 80.1 cm³/mol. The Morgan fingerprint density at radius 2 is 1.43 bits per heavy atom. The van der Waals surface area contributed by atoms with Gasteiger partial charge in [0, 0.05) is 29.7 Å². The molecule has 4 heteroatoms. The molecule has 0 fully saturated rings. The van der Waals surface area contributed by atoms with Crippen LogP contribution in [-0.4, -0.2) is 15.0 Å². The van der Waals surface area contributed by atoms with Crippen LogP contribution in [0.25, 0.3) is 22.6 Å². The molecule has 0 N–H and O–H groups in total. The van der Waals surface area contributed by atoms with Crippen LogP contribution in [0.5, 0.6) is 0 Å². The first-order chi connectivity index (χ1) is 10.1. The van der Waals surface area contributed by atoms with Crippen LogP contribution in [0.4, 0.5) is 4.39 Å². The zero-order valence-electron chi connectivity index (χ0n) is 11.8. The zero-order chi connectivity index (χ0) is 14.8. The molecule has 3 nitrogen and oxygen atoms in total. The fourth-order valence-electron chi connectivity index (χ4n) is 2.05. The summed E-state index contributed by atoms with van der Waals surface area (Å²) in [6.45, 7) is 3.83. The molecule has 0 amide bonds. The highest BCUT2D eigenvalue weighted by Gasteiger charge is 2.09. The first-order valence-electron chi connectivity index (χ1n) is 6.65. The maximum Gasteiger partial charge on any atom is 0.159 e. The first kappa shape index (κ1) is 13.4. The summed E-state index contributed by atoms with van der Waals surface area (Å²) in [7, 11) is 0. The molecule has 0 aliphatic heterocycles. The van der Waals surface area contributed by atoms with Crippen LogP contribution in [0.1, 0.15) is 11.1 Å². The van der Waals surface area contributed by atoms with Crippen molar-refractivity contribution >= 4 is 0 Å². The molecule has 0 atom stereocenters. The monoisotopic (exact) mass is 279 g/mol. The van der Waals surface area contributed by atoms with E-state index in [9.17, 15) is 4.39 Å². The van der Waals surface area contributed by atoms with Gasteiger partial charge in [-0.3, -0.25) is 4.98 Å². The Bertz CT molecular complexity index is 765. The van der Waals surface area contributed by atoms with E-state index < -0.39 is 0 Å². The number of hydrogen-bond acceptors (Lipinski definition) is 3. The summed E-state index contributed by atoms with van der Waals surface area (Å²) in [6.07, 6.45) is 4.83. The van der Waals surface area contributed by atoms with Crippen LogP contribution in [0.3, 0.4) is 0 Å². The van der Waals surface area contributed by atoms with Gasteiger partial charge < -0.3 is 0 Å². The van der Waals surface area contributed by atoms with Gasteiger partial charge in [0.05, 0.1) is 0 Å². The van der Waals surface area contributed by atoms with Crippen molar-refractivity contribution in [3.8, 4) is 22.6 Å². The van der Waals surface area contributed by atoms with Crippen LogP contribution in [0.15, 0.2) is 48.9 Å². The molecule has 104 valence electrons. The Morgan fingerprint density at radius 1 is 0.762 bits per heavy atom. The smallest absolute Gasteiger partial charge is 0.159 e. The van der Waals surface area contributed by atoms with Crippen LogP contribution < -0.4 is 0 Å². The first-order valence-corrected chi connectivity index (χ1v) is 6.65. The van der Waals surface area contributed by atoms with E-state index in [1.807, 2.05) is 31.2 Å².